The van der Waals surface area contributed by atoms with E-state index in [9.17, 15) is 4.79 Å². The van der Waals surface area contributed by atoms with Gasteiger partial charge in [-0.15, -0.1) is 0 Å². The summed E-state index contributed by atoms with van der Waals surface area (Å²) in [6.07, 6.45) is 1.73. The van der Waals surface area contributed by atoms with E-state index in [2.05, 4.69) is 48.2 Å². The van der Waals surface area contributed by atoms with Crippen molar-refractivity contribution < 1.29 is 9.53 Å². The summed E-state index contributed by atoms with van der Waals surface area (Å²) in [6, 6.07) is 26.3. The van der Waals surface area contributed by atoms with Gasteiger partial charge in [-0.3, -0.25) is 4.79 Å². The van der Waals surface area contributed by atoms with Crippen molar-refractivity contribution in [2.75, 3.05) is 19.7 Å². The van der Waals surface area contributed by atoms with Crippen molar-refractivity contribution >= 4 is 39.7 Å². The van der Waals surface area contributed by atoms with Crippen LogP contribution < -0.4 is 0 Å². The number of aryl methyl sites for hydroxylation is 1. The van der Waals surface area contributed by atoms with Gasteiger partial charge in [-0.05, 0) is 38.8 Å². The second-order valence-electron chi connectivity index (χ2n) is 9.38. The van der Waals surface area contributed by atoms with E-state index in [0.29, 0.717) is 18.2 Å². The van der Waals surface area contributed by atoms with E-state index >= 15 is 0 Å². The first-order valence-electron chi connectivity index (χ1n) is 12.9. The monoisotopic (exact) mass is 543 g/mol. The number of carbonyl (C=O) groups excluding carboxylic acids is 1. The number of hydrogen-bond acceptors (Lipinski definition) is 5. The van der Waals surface area contributed by atoms with Gasteiger partial charge in [-0.2, -0.15) is 0 Å². The first kappa shape index (κ1) is 26.1. The molecule has 0 spiro atoms. The number of rotatable bonds is 6. The van der Waals surface area contributed by atoms with Crippen LogP contribution in [0, 0.1) is 12.8 Å². The SMILES string of the molecule is CCOC(=O)C1CCCN(/C(=N\c2sc(-c3ccc(Cl)cc3)nc2-c2ccccc2)c2ccc(C)cc2)C1. The third-order valence-corrected chi connectivity index (χ3v) is 7.86. The number of likely N-dealkylation sites (tertiary alicyclic amines) is 1. The first-order valence-corrected chi connectivity index (χ1v) is 14.1. The fourth-order valence-electron chi connectivity index (χ4n) is 4.63. The highest BCUT2D eigenvalue weighted by Crippen LogP contribution is 2.41. The zero-order chi connectivity index (χ0) is 26.5. The maximum absolute atomic E-state index is 12.6. The topological polar surface area (TPSA) is 54.8 Å². The predicted octanol–water partition coefficient (Wildman–Crippen LogP) is 7.79. The summed E-state index contributed by atoms with van der Waals surface area (Å²) in [6.45, 7) is 5.72. The number of piperidine rings is 1. The van der Waals surface area contributed by atoms with Crippen LogP contribution in [0.1, 0.15) is 30.9 Å². The van der Waals surface area contributed by atoms with Crippen molar-refractivity contribution in [2.45, 2.75) is 26.7 Å². The van der Waals surface area contributed by atoms with E-state index in [0.717, 1.165) is 57.6 Å². The zero-order valence-electron chi connectivity index (χ0n) is 21.6. The molecule has 1 unspecified atom stereocenters. The molecule has 3 aromatic carbocycles. The molecule has 5 rings (SSSR count). The summed E-state index contributed by atoms with van der Waals surface area (Å²) in [4.78, 5) is 25.2. The Hall–Kier alpha value is -3.48. The zero-order valence-corrected chi connectivity index (χ0v) is 23.1. The van der Waals surface area contributed by atoms with Gasteiger partial charge >= 0.3 is 5.97 Å². The average Bonchev–Trinajstić information content (AvgIpc) is 3.37. The molecule has 1 aliphatic rings. The van der Waals surface area contributed by atoms with Gasteiger partial charge in [0.05, 0.1) is 12.5 Å². The number of amidine groups is 1. The van der Waals surface area contributed by atoms with Gasteiger partial charge in [-0.25, -0.2) is 9.98 Å². The molecule has 0 amide bonds. The molecule has 1 fully saturated rings. The van der Waals surface area contributed by atoms with E-state index in [1.807, 2.05) is 49.4 Å². The molecule has 1 atom stereocenters. The van der Waals surface area contributed by atoms with E-state index < -0.39 is 0 Å². The molecule has 1 aliphatic heterocycles. The first-order chi connectivity index (χ1) is 18.5. The molecule has 1 aromatic heterocycles. The number of benzene rings is 3. The molecule has 4 aromatic rings. The quantitative estimate of drug-likeness (QED) is 0.141. The lowest BCUT2D eigenvalue weighted by molar-refractivity contribution is -0.149. The molecule has 1 saturated heterocycles. The molecule has 2 heterocycles. The molecule has 5 nitrogen and oxygen atoms in total. The van der Waals surface area contributed by atoms with Gasteiger partial charge < -0.3 is 9.64 Å². The van der Waals surface area contributed by atoms with Crippen LogP contribution in [0.4, 0.5) is 5.00 Å². The fraction of sp³-hybridized carbons (Fsp3) is 0.258. The standard InChI is InChI=1S/C31H30ClN3O2S/c1-3-37-31(36)25-10-7-19-35(20-25)28(23-13-11-21(2)12-14-23)34-30-27(22-8-5-4-6-9-22)33-29(38-30)24-15-17-26(32)18-16-24/h4-6,8-9,11-18,25H,3,7,10,19-20H2,1-2H3/b34-28-. The summed E-state index contributed by atoms with van der Waals surface area (Å²) < 4.78 is 5.36. The van der Waals surface area contributed by atoms with Crippen LogP contribution in [0.2, 0.25) is 5.02 Å². The molecule has 0 radical (unpaired) electrons. The van der Waals surface area contributed by atoms with Crippen LogP contribution in [0.15, 0.2) is 83.9 Å². The Bertz CT molecular complexity index is 1420. The number of halogens is 1. The van der Waals surface area contributed by atoms with Crippen molar-refractivity contribution in [1.82, 2.24) is 9.88 Å². The van der Waals surface area contributed by atoms with Crippen LogP contribution >= 0.6 is 22.9 Å². The molecule has 38 heavy (non-hydrogen) atoms. The molecule has 0 bridgehead atoms. The molecular formula is C31H30ClN3O2S. The maximum Gasteiger partial charge on any atom is 0.310 e. The summed E-state index contributed by atoms with van der Waals surface area (Å²) in [7, 11) is 0. The number of aromatic nitrogens is 1. The third kappa shape index (κ3) is 5.98. The number of ether oxygens (including phenoxy) is 1. The van der Waals surface area contributed by atoms with Crippen LogP contribution in [-0.4, -0.2) is 41.4 Å². The molecule has 194 valence electrons. The lowest BCUT2D eigenvalue weighted by atomic mass is 9.97. The molecule has 0 N–H and O–H groups in total. The van der Waals surface area contributed by atoms with Gasteiger partial charge in [-0.1, -0.05) is 95.2 Å². The highest BCUT2D eigenvalue weighted by atomic mass is 35.5. The summed E-state index contributed by atoms with van der Waals surface area (Å²) in [5.41, 5.74) is 5.04. The summed E-state index contributed by atoms with van der Waals surface area (Å²) >= 11 is 7.70. The number of thiazole rings is 1. The molecular weight excluding hydrogens is 514 g/mol. The van der Waals surface area contributed by atoms with Crippen LogP contribution in [-0.2, 0) is 9.53 Å². The van der Waals surface area contributed by atoms with E-state index in [-0.39, 0.29) is 11.9 Å². The largest absolute Gasteiger partial charge is 0.466 e. The van der Waals surface area contributed by atoms with Crippen LogP contribution in [0.3, 0.4) is 0 Å². The Labute approximate surface area is 232 Å². The number of carbonyl (C=O) groups is 1. The maximum atomic E-state index is 12.6. The van der Waals surface area contributed by atoms with Crippen molar-refractivity contribution in [2.24, 2.45) is 10.9 Å². The lowest BCUT2D eigenvalue weighted by Gasteiger charge is -2.34. The van der Waals surface area contributed by atoms with Gasteiger partial charge in [0.1, 0.15) is 21.5 Å². The van der Waals surface area contributed by atoms with E-state index in [1.54, 1.807) is 11.3 Å². The van der Waals surface area contributed by atoms with Gasteiger partial charge in [0, 0.05) is 34.8 Å². The Kier molecular flexibility index (Phi) is 8.20. The van der Waals surface area contributed by atoms with E-state index in [4.69, 9.17) is 26.3 Å². The Morgan fingerprint density at radius 3 is 2.50 bits per heavy atom. The van der Waals surface area contributed by atoms with Gasteiger partial charge in [0.15, 0.2) is 0 Å². The van der Waals surface area contributed by atoms with Gasteiger partial charge in [0.25, 0.3) is 0 Å². The molecule has 7 heteroatoms. The smallest absolute Gasteiger partial charge is 0.310 e. The minimum atomic E-state index is -0.168. The number of aliphatic imine (C=N–C) groups is 1. The van der Waals surface area contributed by atoms with Crippen molar-refractivity contribution in [3.63, 3.8) is 0 Å². The van der Waals surface area contributed by atoms with Crippen molar-refractivity contribution in [1.29, 1.82) is 0 Å². The number of esters is 1. The Balaban J connectivity index is 1.62. The fourth-order valence-corrected chi connectivity index (χ4v) is 5.72. The van der Waals surface area contributed by atoms with Crippen LogP contribution in [0.5, 0.6) is 0 Å². The minimum Gasteiger partial charge on any atom is -0.466 e. The van der Waals surface area contributed by atoms with Crippen molar-refractivity contribution in [3.8, 4) is 21.8 Å². The average molecular weight is 544 g/mol. The number of nitrogens with zero attached hydrogens (tertiary/aromatic N) is 3. The lowest BCUT2D eigenvalue weighted by Crippen LogP contribution is -2.43. The number of hydrogen-bond donors (Lipinski definition) is 0. The normalized spacial score (nSPS) is 15.9. The second-order valence-corrected chi connectivity index (χ2v) is 10.8. The Morgan fingerprint density at radius 1 is 1.05 bits per heavy atom. The Morgan fingerprint density at radius 2 is 1.79 bits per heavy atom. The highest BCUT2D eigenvalue weighted by molar-refractivity contribution is 7.19. The molecule has 0 saturated carbocycles. The van der Waals surface area contributed by atoms with E-state index in [1.165, 1.54) is 5.56 Å². The van der Waals surface area contributed by atoms with Crippen LogP contribution in [0.25, 0.3) is 21.8 Å². The van der Waals surface area contributed by atoms with Crippen molar-refractivity contribution in [3.05, 3.63) is 95.0 Å². The predicted molar refractivity (Wildman–Crippen MR) is 156 cm³/mol. The summed E-state index contributed by atoms with van der Waals surface area (Å²) in [5.74, 6) is 0.551. The third-order valence-electron chi connectivity index (χ3n) is 6.61. The second kappa shape index (κ2) is 11.9. The highest BCUT2D eigenvalue weighted by Gasteiger charge is 2.29. The van der Waals surface area contributed by atoms with Gasteiger partial charge in [0.2, 0.25) is 0 Å². The minimum absolute atomic E-state index is 0.131. The molecule has 0 aliphatic carbocycles. The summed E-state index contributed by atoms with van der Waals surface area (Å²) in [5, 5.41) is 2.40.